The van der Waals surface area contributed by atoms with Crippen molar-refractivity contribution < 1.29 is 0 Å². The number of hydrogen-bond acceptors (Lipinski definition) is 4. The molecule has 1 aliphatic carbocycles. The highest BCUT2D eigenvalue weighted by Crippen LogP contribution is 2.19. The fourth-order valence-electron chi connectivity index (χ4n) is 2.02. The van der Waals surface area contributed by atoms with Gasteiger partial charge in [-0.3, -0.25) is 4.98 Å². The van der Waals surface area contributed by atoms with E-state index in [9.17, 15) is 0 Å². The van der Waals surface area contributed by atoms with Gasteiger partial charge >= 0.3 is 0 Å². The Balaban J connectivity index is 1.96. The van der Waals surface area contributed by atoms with Crippen LogP contribution in [0.1, 0.15) is 45.2 Å². The minimum absolute atomic E-state index is 0.510. The molecule has 0 aromatic carbocycles. The summed E-state index contributed by atoms with van der Waals surface area (Å²) in [4.78, 5) is 11.2. The van der Waals surface area contributed by atoms with Crippen LogP contribution in [-0.4, -0.2) is 29.1 Å². The molecule has 1 aromatic heterocycles. The highest BCUT2D eigenvalue weighted by molar-refractivity contribution is 5.36. The van der Waals surface area contributed by atoms with Crippen molar-refractivity contribution >= 4 is 5.82 Å². The van der Waals surface area contributed by atoms with Crippen molar-refractivity contribution in [1.82, 2.24) is 15.3 Å². The van der Waals surface area contributed by atoms with E-state index >= 15 is 0 Å². The lowest BCUT2D eigenvalue weighted by Gasteiger charge is -2.25. The predicted octanol–water partition coefficient (Wildman–Crippen LogP) is 2.35. The van der Waals surface area contributed by atoms with Gasteiger partial charge in [0.15, 0.2) is 0 Å². The molecule has 1 aromatic rings. The smallest absolute Gasteiger partial charge is 0.147 e. The SMILES string of the molecule is CCCC(C)N(C)c1cncc(CNC2CC2)n1. The van der Waals surface area contributed by atoms with E-state index in [-0.39, 0.29) is 0 Å². The van der Waals surface area contributed by atoms with Crippen LogP contribution in [0.15, 0.2) is 12.4 Å². The minimum atomic E-state index is 0.510. The number of hydrogen-bond donors (Lipinski definition) is 1. The lowest BCUT2D eigenvalue weighted by atomic mass is 10.2. The second-order valence-electron chi connectivity index (χ2n) is 5.27. The zero-order chi connectivity index (χ0) is 13.0. The Hall–Kier alpha value is -1.16. The molecule has 0 aliphatic heterocycles. The van der Waals surface area contributed by atoms with E-state index in [1.807, 2.05) is 12.4 Å². The zero-order valence-corrected chi connectivity index (χ0v) is 11.7. The Labute approximate surface area is 110 Å². The summed E-state index contributed by atoms with van der Waals surface area (Å²) >= 11 is 0. The van der Waals surface area contributed by atoms with Crippen LogP contribution in [0.4, 0.5) is 5.82 Å². The van der Waals surface area contributed by atoms with Crippen LogP contribution in [0.2, 0.25) is 0 Å². The van der Waals surface area contributed by atoms with Crippen molar-refractivity contribution in [3.63, 3.8) is 0 Å². The van der Waals surface area contributed by atoms with E-state index in [2.05, 4.69) is 41.1 Å². The molecule has 0 bridgehead atoms. The third kappa shape index (κ3) is 3.67. The number of anilines is 1. The molecule has 0 spiro atoms. The van der Waals surface area contributed by atoms with Gasteiger partial charge in [-0.1, -0.05) is 13.3 Å². The maximum Gasteiger partial charge on any atom is 0.147 e. The van der Waals surface area contributed by atoms with Crippen LogP contribution in [0.25, 0.3) is 0 Å². The minimum Gasteiger partial charge on any atom is -0.356 e. The fraction of sp³-hybridized carbons (Fsp3) is 0.714. The van der Waals surface area contributed by atoms with Crippen molar-refractivity contribution in [2.75, 3.05) is 11.9 Å². The third-order valence-electron chi connectivity index (χ3n) is 3.55. The molecule has 1 unspecified atom stereocenters. The summed E-state index contributed by atoms with van der Waals surface area (Å²) in [5.41, 5.74) is 1.04. The summed E-state index contributed by atoms with van der Waals surface area (Å²) in [6.45, 7) is 5.29. The summed E-state index contributed by atoms with van der Waals surface area (Å²) in [5.74, 6) is 0.978. The van der Waals surface area contributed by atoms with Crippen LogP contribution in [-0.2, 0) is 6.54 Å². The first-order valence-corrected chi connectivity index (χ1v) is 6.97. The molecule has 1 saturated carbocycles. The molecule has 0 amide bonds. The molecule has 2 rings (SSSR count). The first-order chi connectivity index (χ1) is 8.70. The highest BCUT2D eigenvalue weighted by Gasteiger charge is 2.20. The summed E-state index contributed by atoms with van der Waals surface area (Å²) in [5, 5.41) is 3.47. The molecule has 1 aliphatic rings. The average molecular weight is 248 g/mol. The van der Waals surface area contributed by atoms with Gasteiger partial charge in [0.1, 0.15) is 5.82 Å². The van der Waals surface area contributed by atoms with Crippen LogP contribution in [0.5, 0.6) is 0 Å². The van der Waals surface area contributed by atoms with Gasteiger partial charge in [-0.2, -0.15) is 0 Å². The van der Waals surface area contributed by atoms with Gasteiger partial charge in [-0.15, -0.1) is 0 Å². The average Bonchev–Trinajstić information content (AvgIpc) is 3.20. The van der Waals surface area contributed by atoms with Crippen molar-refractivity contribution in [1.29, 1.82) is 0 Å². The maximum absolute atomic E-state index is 4.68. The first kappa shape index (κ1) is 13.3. The highest BCUT2D eigenvalue weighted by atomic mass is 15.2. The van der Waals surface area contributed by atoms with Gasteiger partial charge in [-0.25, -0.2) is 4.98 Å². The van der Waals surface area contributed by atoms with Crippen molar-refractivity contribution in [2.24, 2.45) is 0 Å². The summed E-state index contributed by atoms with van der Waals surface area (Å²) in [6.07, 6.45) is 8.70. The van der Waals surface area contributed by atoms with E-state index in [0.29, 0.717) is 12.1 Å². The third-order valence-corrected chi connectivity index (χ3v) is 3.55. The van der Waals surface area contributed by atoms with Crippen molar-refractivity contribution in [3.05, 3.63) is 18.1 Å². The molecule has 0 radical (unpaired) electrons. The lowest BCUT2D eigenvalue weighted by molar-refractivity contribution is 0.606. The quantitative estimate of drug-likeness (QED) is 0.804. The largest absolute Gasteiger partial charge is 0.356 e. The van der Waals surface area contributed by atoms with Crippen molar-refractivity contribution in [2.45, 2.75) is 58.2 Å². The van der Waals surface area contributed by atoms with Gasteiger partial charge in [0, 0.05) is 31.9 Å². The molecule has 4 heteroatoms. The second-order valence-corrected chi connectivity index (χ2v) is 5.27. The maximum atomic E-state index is 4.68. The zero-order valence-electron chi connectivity index (χ0n) is 11.7. The van der Waals surface area contributed by atoms with Gasteiger partial charge in [0.05, 0.1) is 11.9 Å². The Morgan fingerprint density at radius 2 is 2.22 bits per heavy atom. The van der Waals surface area contributed by atoms with Gasteiger partial charge in [0.2, 0.25) is 0 Å². The van der Waals surface area contributed by atoms with Crippen LogP contribution >= 0.6 is 0 Å². The molecule has 0 saturated heterocycles. The van der Waals surface area contributed by atoms with E-state index < -0.39 is 0 Å². The second kappa shape index (κ2) is 6.14. The van der Waals surface area contributed by atoms with E-state index in [1.165, 1.54) is 25.7 Å². The van der Waals surface area contributed by atoms with E-state index in [4.69, 9.17) is 0 Å². The normalized spacial score (nSPS) is 16.6. The molecule has 1 N–H and O–H groups in total. The monoisotopic (exact) mass is 248 g/mol. The topological polar surface area (TPSA) is 41.1 Å². The molecule has 4 nitrogen and oxygen atoms in total. The molecule has 18 heavy (non-hydrogen) atoms. The van der Waals surface area contributed by atoms with E-state index in [0.717, 1.165) is 18.1 Å². The first-order valence-electron chi connectivity index (χ1n) is 6.97. The molecule has 100 valence electrons. The van der Waals surface area contributed by atoms with Crippen LogP contribution < -0.4 is 10.2 Å². The molecular weight excluding hydrogens is 224 g/mol. The summed E-state index contributed by atoms with van der Waals surface area (Å²) in [7, 11) is 2.10. The molecule has 1 fully saturated rings. The summed E-state index contributed by atoms with van der Waals surface area (Å²) < 4.78 is 0. The number of nitrogens with zero attached hydrogens (tertiary/aromatic N) is 3. The lowest BCUT2D eigenvalue weighted by Crippen LogP contribution is -2.30. The fourth-order valence-corrected chi connectivity index (χ4v) is 2.02. The number of rotatable bonds is 7. The van der Waals surface area contributed by atoms with Crippen molar-refractivity contribution in [3.8, 4) is 0 Å². The van der Waals surface area contributed by atoms with Gasteiger partial charge in [-0.05, 0) is 26.2 Å². The number of nitrogens with one attached hydrogen (secondary N) is 1. The van der Waals surface area contributed by atoms with Gasteiger partial charge in [0.25, 0.3) is 0 Å². The number of aromatic nitrogens is 2. The Bertz CT molecular complexity index is 376. The molecule has 1 atom stereocenters. The predicted molar refractivity (Wildman–Crippen MR) is 74.7 cm³/mol. The Morgan fingerprint density at radius 3 is 2.89 bits per heavy atom. The van der Waals surface area contributed by atoms with Gasteiger partial charge < -0.3 is 10.2 Å². The molecular formula is C14H24N4. The molecule has 1 heterocycles. The summed E-state index contributed by atoms with van der Waals surface area (Å²) in [6, 6.07) is 1.23. The Morgan fingerprint density at radius 1 is 1.44 bits per heavy atom. The standard InChI is InChI=1S/C14H24N4/c1-4-5-11(2)18(3)14-10-15-8-13(17-14)9-16-12-6-7-12/h8,10-12,16H,4-7,9H2,1-3H3. The Kier molecular flexibility index (Phi) is 4.53. The van der Waals surface area contributed by atoms with Crippen LogP contribution in [0.3, 0.4) is 0 Å². The van der Waals surface area contributed by atoms with E-state index in [1.54, 1.807) is 0 Å². The van der Waals surface area contributed by atoms with Crippen LogP contribution in [0, 0.1) is 0 Å².